The van der Waals surface area contributed by atoms with Gasteiger partial charge in [-0.25, -0.2) is 0 Å². The molecule has 1 aliphatic rings. The Kier molecular flexibility index (Phi) is 3.91. The highest BCUT2D eigenvalue weighted by molar-refractivity contribution is 5.46. The molecule has 0 amide bonds. The fraction of sp³-hybridized carbons (Fsp3) is 0.385. The Balaban J connectivity index is 1.92. The molecule has 0 bridgehead atoms. The molecule has 0 saturated carbocycles. The van der Waals surface area contributed by atoms with Crippen LogP contribution in [0.2, 0.25) is 0 Å². The second kappa shape index (κ2) is 5.44. The van der Waals surface area contributed by atoms with Crippen LogP contribution in [0.4, 0.5) is 18.9 Å². The fourth-order valence-electron chi connectivity index (χ4n) is 1.82. The van der Waals surface area contributed by atoms with E-state index in [1.807, 2.05) is 0 Å². The van der Waals surface area contributed by atoms with Gasteiger partial charge in [-0.1, -0.05) is 11.6 Å². The van der Waals surface area contributed by atoms with Gasteiger partial charge in [-0.2, -0.15) is 13.2 Å². The highest BCUT2D eigenvalue weighted by Crippen LogP contribution is 2.29. The average molecular weight is 256 g/mol. The largest absolute Gasteiger partial charge is 0.416 e. The lowest BCUT2D eigenvalue weighted by Crippen LogP contribution is -2.23. The number of anilines is 1. The van der Waals surface area contributed by atoms with E-state index < -0.39 is 11.7 Å². The molecule has 0 atom stereocenters. The number of alkyl halides is 3. The predicted octanol–water partition coefficient (Wildman–Crippen LogP) is 3.04. The Labute approximate surface area is 104 Å². The van der Waals surface area contributed by atoms with E-state index >= 15 is 0 Å². The molecule has 98 valence electrons. The molecule has 0 fully saturated rings. The molecule has 2 N–H and O–H groups in total. The molecular formula is C13H15F3N2. The number of halogens is 3. The summed E-state index contributed by atoms with van der Waals surface area (Å²) in [4.78, 5) is 0. The summed E-state index contributed by atoms with van der Waals surface area (Å²) in [5.41, 5.74) is 1.38. The predicted molar refractivity (Wildman–Crippen MR) is 65.5 cm³/mol. The fourth-order valence-corrected chi connectivity index (χ4v) is 1.82. The van der Waals surface area contributed by atoms with Crippen molar-refractivity contribution in [1.29, 1.82) is 0 Å². The van der Waals surface area contributed by atoms with E-state index in [0.717, 1.165) is 31.6 Å². The van der Waals surface area contributed by atoms with Gasteiger partial charge in [-0.3, -0.25) is 0 Å². The second-order valence-electron chi connectivity index (χ2n) is 4.25. The third-order valence-corrected chi connectivity index (χ3v) is 2.89. The number of nitrogens with one attached hydrogen (secondary N) is 2. The summed E-state index contributed by atoms with van der Waals surface area (Å²) >= 11 is 0. The first kappa shape index (κ1) is 13.0. The molecule has 1 aliphatic heterocycles. The Morgan fingerprint density at radius 2 is 1.89 bits per heavy atom. The minimum atomic E-state index is -4.27. The van der Waals surface area contributed by atoms with Gasteiger partial charge in [0.1, 0.15) is 0 Å². The molecule has 0 saturated heterocycles. The van der Waals surface area contributed by atoms with Gasteiger partial charge in [0.15, 0.2) is 0 Å². The first-order chi connectivity index (χ1) is 8.55. The van der Waals surface area contributed by atoms with Gasteiger partial charge in [0.05, 0.1) is 5.56 Å². The quantitative estimate of drug-likeness (QED) is 0.812. The van der Waals surface area contributed by atoms with Gasteiger partial charge in [-0.05, 0) is 37.2 Å². The molecule has 1 heterocycles. The molecule has 0 spiro atoms. The Bertz CT molecular complexity index is 421. The van der Waals surface area contributed by atoms with Crippen molar-refractivity contribution in [2.75, 3.05) is 25.0 Å². The summed E-state index contributed by atoms with van der Waals surface area (Å²) in [5.74, 6) is 0. The summed E-state index contributed by atoms with van der Waals surface area (Å²) in [5, 5.41) is 6.34. The lowest BCUT2D eigenvalue weighted by atomic mass is 10.1. The van der Waals surface area contributed by atoms with E-state index in [2.05, 4.69) is 16.7 Å². The highest BCUT2D eigenvalue weighted by Gasteiger charge is 2.29. The summed E-state index contributed by atoms with van der Waals surface area (Å²) in [6.45, 7) is 2.51. The average Bonchev–Trinajstić information content (AvgIpc) is 2.37. The smallest absolute Gasteiger partial charge is 0.381 e. The summed E-state index contributed by atoms with van der Waals surface area (Å²) in [7, 11) is 0. The molecule has 5 heteroatoms. The number of benzene rings is 1. The number of hydrogen-bond acceptors (Lipinski definition) is 2. The maximum absolute atomic E-state index is 12.4. The van der Waals surface area contributed by atoms with E-state index in [4.69, 9.17) is 0 Å². The van der Waals surface area contributed by atoms with Gasteiger partial charge in [0.2, 0.25) is 0 Å². The zero-order valence-corrected chi connectivity index (χ0v) is 9.85. The third kappa shape index (κ3) is 3.50. The Morgan fingerprint density at radius 3 is 2.44 bits per heavy atom. The second-order valence-corrected chi connectivity index (χ2v) is 4.25. The van der Waals surface area contributed by atoms with Crippen LogP contribution in [0.5, 0.6) is 0 Å². The van der Waals surface area contributed by atoms with Crippen LogP contribution in [0, 0.1) is 0 Å². The third-order valence-electron chi connectivity index (χ3n) is 2.89. The molecule has 0 unspecified atom stereocenters. The van der Waals surface area contributed by atoms with Crippen LogP contribution < -0.4 is 10.6 Å². The zero-order chi connectivity index (χ0) is 13.0. The van der Waals surface area contributed by atoms with Crippen molar-refractivity contribution in [3.05, 3.63) is 41.5 Å². The van der Waals surface area contributed by atoms with Crippen molar-refractivity contribution in [1.82, 2.24) is 5.32 Å². The molecule has 2 rings (SSSR count). The molecule has 1 aromatic rings. The van der Waals surface area contributed by atoms with Gasteiger partial charge in [0, 0.05) is 18.8 Å². The van der Waals surface area contributed by atoms with Crippen LogP contribution in [0.25, 0.3) is 0 Å². The molecule has 2 nitrogen and oxygen atoms in total. The molecule has 1 aromatic carbocycles. The van der Waals surface area contributed by atoms with Crippen LogP contribution in [0.1, 0.15) is 12.0 Å². The first-order valence-corrected chi connectivity index (χ1v) is 5.85. The van der Waals surface area contributed by atoms with Crippen LogP contribution in [-0.4, -0.2) is 19.6 Å². The highest BCUT2D eigenvalue weighted by atomic mass is 19.4. The Hall–Kier alpha value is -1.49. The first-order valence-electron chi connectivity index (χ1n) is 5.85. The van der Waals surface area contributed by atoms with Gasteiger partial charge in [-0.15, -0.1) is 0 Å². The SMILES string of the molecule is FC(F)(F)c1ccc(NCC2=CCNCC2)cc1. The van der Waals surface area contributed by atoms with Crippen LogP contribution in [0.3, 0.4) is 0 Å². The van der Waals surface area contributed by atoms with Crippen LogP contribution in [0.15, 0.2) is 35.9 Å². The van der Waals surface area contributed by atoms with Gasteiger partial charge >= 0.3 is 6.18 Å². The molecule has 0 aromatic heterocycles. The minimum Gasteiger partial charge on any atom is -0.381 e. The molecule has 18 heavy (non-hydrogen) atoms. The van der Waals surface area contributed by atoms with Crippen LogP contribution >= 0.6 is 0 Å². The summed E-state index contributed by atoms with van der Waals surface area (Å²) in [6.07, 6.45) is -1.18. The number of rotatable bonds is 3. The van der Waals surface area contributed by atoms with Crippen molar-refractivity contribution in [3.8, 4) is 0 Å². The van der Waals surface area contributed by atoms with Crippen LogP contribution in [-0.2, 0) is 6.18 Å². The van der Waals surface area contributed by atoms with Crippen molar-refractivity contribution in [2.24, 2.45) is 0 Å². The standard InChI is InChI=1S/C13H15F3N2/c14-13(15,16)11-1-3-12(4-2-11)18-9-10-5-7-17-8-6-10/h1-5,17-18H,6-9H2. The van der Waals surface area contributed by atoms with Gasteiger partial charge in [0.25, 0.3) is 0 Å². The minimum absolute atomic E-state index is 0.617. The normalized spacial score (nSPS) is 16.3. The molecule has 0 radical (unpaired) electrons. The topological polar surface area (TPSA) is 24.1 Å². The summed E-state index contributed by atoms with van der Waals surface area (Å²) < 4.78 is 37.1. The van der Waals surface area contributed by atoms with E-state index in [0.29, 0.717) is 12.2 Å². The van der Waals surface area contributed by atoms with Crippen molar-refractivity contribution >= 4 is 5.69 Å². The maximum atomic E-state index is 12.4. The van der Waals surface area contributed by atoms with Gasteiger partial charge < -0.3 is 10.6 Å². The van der Waals surface area contributed by atoms with E-state index in [1.165, 1.54) is 17.7 Å². The van der Waals surface area contributed by atoms with E-state index in [9.17, 15) is 13.2 Å². The van der Waals surface area contributed by atoms with Crippen molar-refractivity contribution < 1.29 is 13.2 Å². The van der Waals surface area contributed by atoms with E-state index in [1.54, 1.807) is 0 Å². The zero-order valence-electron chi connectivity index (χ0n) is 9.85. The Morgan fingerprint density at radius 1 is 1.17 bits per heavy atom. The molecule has 0 aliphatic carbocycles. The maximum Gasteiger partial charge on any atom is 0.416 e. The molecular weight excluding hydrogens is 241 g/mol. The lowest BCUT2D eigenvalue weighted by Gasteiger charge is -2.15. The van der Waals surface area contributed by atoms with Crippen molar-refractivity contribution in [2.45, 2.75) is 12.6 Å². The van der Waals surface area contributed by atoms with Crippen molar-refractivity contribution in [3.63, 3.8) is 0 Å². The van der Waals surface area contributed by atoms with E-state index in [-0.39, 0.29) is 0 Å². The monoisotopic (exact) mass is 256 g/mol. The lowest BCUT2D eigenvalue weighted by molar-refractivity contribution is -0.137. The number of hydrogen-bond donors (Lipinski definition) is 2. The summed E-state index contributed by atoms with van der Waals surface area (Å²) in [6, 6.07) is 5.12.